The standard InChI is InChI=1S/C22H24N4O5/c1-14(27)17-9-19-20(31-13-30-19)10-18(17)25-21(28)12-24-16-4-7-26(8-5-16)22(29)15-3-2-6-23-11-15/h2-3,6,9-11,16,24H,4-5,7-8,12-13H2,1H3,(H,25,28). The molecule has 0 unspecified atom stereocenters. The summed E-state index contributed by atoms with van der Waals surface area (Å²) in [5.41, 5.74) is 1.36. The number of hydrogen-bond acceptors (Lipinski definition) is 7. The summed E-state index contributed by atoms with van der Waals surface area (Å²) in [5.74, 6) is 0.541. The van der Waals surface area contributed by atoms with Crippen molar-refractivity contribution in [1.29, 1.82) is 0 Å². The van der Waals surface area contributed by atoms with Crippen LogP contribution >= 0.6 is 0 Å². The van der Waals surface area contributed by atoms with Crippen LogP contribution in [0.15, 0.2) is 36.7 Å². The van der Waals surface area contributed by atoms with E-state index in [4.69, 9.17) is 9.47 Å². The smallest absolute Gasteiger partial charge is 0.255 e. The maximum absolute atomic E-state index is 12.5. The first-order chi connectivity index (χ1) is 15.0. The van der Waals surface area contributed by atoms with Crippen molar-refractivity contribution in [3.8, 4) is 11.5 Å². The molecular formula is C22H24N4O5. The minimum Gasteiger partial charge on any atom is -0.454 e. The van der Waals surface area contributed by atoms with E-state index in [1.165, 1.54) is 6.92 Å². The van der Waals surface area contributed by atoms with Gasteiger partial charge in [0.25, 0.3) is 5.91 Å². The first-order valence-electron chi connectivity index (χ1n) is 10.2. The van der Waals surface area contributed by atoms with Crippen LogP contribution in [-0.4, -0.2) is 60.0 Å². The number of likely N-dealkylation sites (tertiary alicyclic amines) is 1. The van der Waals surface area contributed by atoms with Crippen LogP contribution in [0.25, 0.3) is 0 Å². The van der Waals surface area contributed by atoms with Gasteiger partial charge in [-0.15, -0.1) is 0 Å². The van der Waals surface area contributed by atoms with E-state index in [-0.39, 0.29) is 37.0 Å². The minimum atomic E-state index is -0.254. The number of fused-ring (bicyclic) bond motifs is 1. The summed E-state index contributed by atoms with van der Waals surface area (Å²) in [4.78, 5) is 42.7. The molecule has 0 aliphatic carbocycles. The van der Waals surface area contributed by atoms with Crippen molar-refractivity contribution in [3.05, 3.63) is 47.8 Å². The topological polar surface area (TPSA) is 110 Å². The molecule has 9 nitrogen and oxygen atoms in total. The lowest BCUT2D eigenvalue weighted by molar-refractivity contribution is -0.115. The van der Waals surface area contributed by atoms with Crippen LogP contribution in [-0.2, 0) is 4.79 Å². The van der Waals surface area contributed by atoms with Gasteiger partial charge in [0.05, 0.1) is 17.8 Å². The summed E-state index contributed by atoms with van der Waals surface area (Å²) in [7, 11) is 0. The quantitative estimate of drug-likeness (QED) is 0.681. The number of benzene rings is 1. The Bertz CT molecular complexity index is 987. The first kappa shape index (κ1) is 20.8. The molecule has 0 bridgehead atoms. The van der Waals surface area contributed by atoms with Gasteiger partial charge in [0, 0.05) is 43.2 Å². The lowest BCUT2D eigenvalue weighted by Crippen LogP contribution is -2.46. The third-order valence-electron chi connectivity index (χ3n) is 5.41. The number of ether oxygens (including phenoxy) is 2. The third kappa shape index (κ3) is 4.83. The highest BCUT2D eigenvalue weighted by molar-refractivity contribution is 6.05. The molecule has 2 aliphatic heterocycles. The predicted octanol–water partition coefficient (Wildman–Crippen LogP) is 1.85. The van der Waals surface area contributed by atoms with Gasteiger partial charge in [-0.25, -0.2) is 0 Å². The second-order valence-electron chi connectivity index (χ2n) is 7.54. The summed E-state index contributed by atoms with van der Waals surface area (Å²) in [6.45, 7) is 2.86. The molecule has 3 heterocycles. The molecule has 31 heavy (non-hydrogen) atoms. The summed E-state index contributed by atoms with van der Waals surface area (Å²) in [5, 5.41) is 6.02. The highest BCUT2D eigenvalue weighted by atomic mass is 16.7. The fourth-order valence-electron chi connectivity index (χ4n) is 3.73. The van der Waals surface area contributed by atoms with E-state index < -0.39 is 0 Å². The molecule has 1 saturated heterocycles. The Hall–Kier alpha value is -3.46. The van der Waals surface area contributed by atoms with E-state index in [0.717, 1.165) is 12.8 Å². The number of anilines is 1. The van der Waals surface area contributed by atoms with Crippen molar-refractivity contribution < 1.29 is 23.9 Å². The number of rotatable bonds is 6. The lowest BCUT2D eigenvalue weighted by Gasteiger charge is -2.32. The molecule has 162 valence electrons. The van der Waals surface area contributed by atoms with E-state index in [2.05, 4.69) is 15.6 Å². The summed E-state index contributed by atoms with van der Waals surface area (Å²) >= 11 is 0. The third-order valence-corrected chi connectivity index (χ3v) is 5.41. The van der Waals surface area contributed by atoms with Gasteiger partial charge >= 0.3 is 0 Å². The SMILES string of the molecule is CC(=O)c1cc2c(cc1NC(=O)CNC1CCN(C(=O)c3cccnc3)CC1)OCO2. The molecule has 1 aromatic heterocycles. The summed E-state index contributed by atoms with van der Waals surface area (Å²) in [6.07, 6.45) is 4.72. The van der Waals surface area contributed by atoms with Crippen LogP contribution in [0.1, 0.15) is 40.5 Å². The minimum absolute atomic E-state index is 0.0242. The summed E-state index contributed by atoms with van der Waals surface area (Å²) < 4.78 is 10.6. The molecule has 0 saturated carbocycles. The number of carbonyl (C=O) groups excluding carboxylic acids is 3. The molecule has 9 heteroatoms. The average molecular weight is 424 g/mol. The van der Waals surface area contributed by atoms with Crippen molar-refractivity contribution in [3.63, 3.8) is 0 Å². The highest BCUT2D eigenvalue weighted by Gasteiger charge is 2.24. The highest BCUT2D eigenvalue weighted by Crippen LogP contribution is 2.37. The Kier molecular flexibility index (Phi) is 6.13. The number of hydrogen-bond donors (Lipinski definition) is 2. The van der Waals surface area contributed by atoms with E-state index in [9.17, 15) is 14.4 Å². The molecule has 2 aliphatic rings. The van der Waals surface area contributed by atoms with Gasteiger partial charge < -0.3 is 25.0 Å². The van der Waals surface area contributed by atoms with Gasteiger partial charge in [0.15, 0.2) is 17.3 Å². The van der Waals surface area contributed by atoms with Crippen molar-refractivity contribution in [1.82, 2.24) is 15.2 Å². The second kappa shape index (κ2) is 9.13. The lowest BCUT2D eigenvalue weighted by atomic mass is 10.0. The van der Waals surface area contributed by atoms with E-state index in [1.807, 2.05) is 0 Å². The van der Waals surface area contributed by atoms with Crippen molar-refractivity contribution in [2.45, 2.75) is 25.8 Å². The number of aromatic nitrogens is 1. The zero-order valence-corrected chi connectivity index (χ0v) is 17.2. The van der Waals surface area contributed by atoms with E-state index in [0.29, 0.717) is 41.4 Å². The number of nitrogens with one attached hydrogen (secondary N) is 2. The van der Waals surface area contributed by atoms with Crippen LogP contribution in [0.3, 0.4) is 0 Å². The van der Waals surface area contributed by atoms with Crippen LogP contribution in [0, 0.1) is 0 Å². The summed E-state index contributed by atoms with van der Waals surface area (Å²) in [6, 6.07) is 6.84. The number of amides is 2. The van der Waals surface area contributed by atoms with Crippen molar-refractivity contribution in [2.75, 3.05) is 31.7 Å². The molecule has 2 amide bonds. The number of carbonyl (C=O) groups is 3. The Morgan fingerprint density at radius 2 is 1.90 bits per heavy atom. The van der Waals surface area contributed by atoms with Crippen LogP contribution in [0.4, 0.5) is 5.69 Å². The second-order valence-corrected chi connectivity index (χ2v) is 7.54. The first-order valence-corrected chi connectivity index (χ1v) is 10.2. The fourth-order valence-corrected chi connectivity index (χ4v) is 3.73. The van der Waals surface area contributed by atoms with Crippen molar-refractivity contribution >= 4 is 23.3 Å². The van der Waals surface area contributed by atoms with Gasteiger partial charge in [-0.1, -0.05) is 0 Å². The monoisotopic (exact) mass is 424 g/mol. The molecule has 4 rings (SSSR count). The maximum Gasteiger partial charge on any atom is 0.255 e. The Morgan fingerprint density at radius 3 is 2.58 bits per heavy atom. The molecule has 1 fully saturated rings. The zero-order chi connectivity index (χ0) is 21.8. The molecule has 1 aromatic carbocycles. The number of nitrogens with zero attached hydrogens (tertiary/aromatic N) is 2. The van der Waals surface area contributed by atoms with Gasteiger partial charge in [0.1, 0.15) is 0 Å². The Morgan fingerprint density at radius 1 is 1.16 bits per heavy atom. The average Bonchev–Trinajstić information content (AvgIpc) is 3.25. The number of ketones is 1. The molecule has 2 N–H and O–H groups in total. The van der Waals surface area contributed by atoms with Crippen molar-refractivity contribution in [2.24, 2.45) is 0 Å². The zero-order valence-electron chi connectivity index (χ0n) is 17.2. The van der Waals surface area contributed by atoms with Crippen LogP contribution < -0.4 is 20.1 Å². The van der Waals surface area contributed by atoms with E-state index in [1.54, 1.807) is 41.6 Å². The van der Waals surface area contributed by atoms with Crippen LogP contribution in [0.2, 0.25) is 0 Å². The normalized spacial score (nSPS) is 15.6. The molecule has 2 aromatic rings. The molecule has 0 atom stereocenters. The van der Waals surface area contributed by atoms with Gasteiger partial charge in [0.2, 0.25) is 12.7 Å². The van der Waals surface area contributed by atoms with Crippen LogP contribution in [0.5, 0.6) is 11.5 Å². The van der Waals surface area contributed by atoms with Gasteiger partial charge in [-0.3, -0.25) is 19.4 Å². The van der Waals surface area contributed by atoms with Gasteiger partial charge in [-0.05, 0) is 38.0 Å². The number of pyridine rings is 1. The Labute approximate surface area is 179 Å². The predicted molar refractivity (Wildman–Crippen MR) is 112 cm³/mol. The maximum atomic E-state index is 12.5. The fraction of sp³-hybridized carbons (Fsp3) is 0.364. The number of Topliss-reactive ketones (excluding diaryl/α,β-unsaturated/α-hetero) is 1. The molecule has 0 radical (unpaired) electrons. The van der Waals surface area contributed by atoms with E-state index >= 15 is 0 Å². The van der Waals surface area contributed by atoms with Gasteiger partial charge in [-0.2, -0.15) is 0 Å². The molecule has 0 spiro atoms. The number of piperidine rings is 1. The Balaban J connectivity index is 1.28. The molecular weight excluding hydrogens is 400 g/mol. The largest absolute Gasteiger partial charge is 0.454 e.